The third-order valence-corrected chi connectivity index (χ3v) is 2.94. The van der Waals surface area contributed by atoms with Gasteiger partial charge in [0.2, 0.25) is 0 Å². The summed E-state index contributed by atoms with van der Waals surface area (Å²) >= 11 is 0. The number of hydrogen-bond acceptors (Lipinski definition) is 2. The van der Waals surface area contributed by atoms with Gasteiger partial charge >= 0.3 is 0 Å². The second-order valence-electron chi connectivity index (χ2n) is 4.30. The maximum Gasteiger partial charge on any atom is 0.0699 e. The zero-order valence-corrected chi connectivity index (χ0v) is 10.8. The molecule has 0 bridgehead atoms. The first-order valence-electron chi connectivity index (χ1n) is 5.99. The predicted molar refractivity (Wildman–Crippen MR) is 68.8 cm³/mol. The highest BCUT2D eigenvalue weighted by molar-refractivity contribution is 5.23. The topological polar surface area (TPSA) is 21.3 Å². The van der Waals surface area contributed by atoms with Gasteiger partial charge in [-0.25, -0.2) is 0 Å². The quantitative estimate of drug-likeness (QED) is 0.797. The Morgan fingerprint density at radius 2 is 2.12 bits per heavy atom. The molecule has 0 aliphatic carbocycles. The van der Waals surface area contributed by atoms with Crippen LogP contribution in [0.4, 0.5) is 0 Å². The lowest BCUT2D eigenvalue weighted by atomic mass is 10.0. The number of benzene rings is 1. The van der Waals surface area contributed by atoms with E-state index >= 15 is 0 Å². The third kappa shape index (κ3) is 3.95. The van der Waals surface area contributed by atoms with Crippen molar-refractivity contribution in [2.45, 2.75) is 39.3 Å². The number of aryl methyl sites for hydroxylation is 1. The van der Waals surface area contributed by atoms with E-state index in [0.717, 1.165) is 13.0 Å². The highest BCUT2D eigenvalue weighted by atomic mass is 16.5. The molecule has 0 heterocycles. The van der Waals surface area contributed by atoms with Crippen LogP contribution in [0.3, 0.4) is 0 Å². The summed E-state index contributed by atoms with van der Waals surface area (Å²) in [5, 5.41) is 3.48. The molecule has 1 aromatic carbocycles. The normalized spacial score (nSPS) is 14.8. The Kier molecular flexibility index (Phi) is 5.50. The molecule has 2 atom stereocenters. The summed E-state index contributed by atoms with van der Waals surface area (Å²) in [7, 11) is 1.77. The van der Waals surface area contributed by atoms with Crippen molar-refractivity contribution in [1.29, 1.82) is 0 Å². The van der Waals surface area contributed by atoms with E-state index in [9.17, 15) is 0 Å². The smallest absolute Gasteiger partial charge is 0.0699 e. The Bertz CT molecular complexity index is 311. The summed E-state index contributed by atoms with van der Waals surface area (Å²) in [6, 6.07) is 9.06. The average Bonchev–Trinajstić information content (AvgIpc) is 2.27. The maximum absolute atomic E-state index is 5.40. The predicted octanol–water partition coefficient (Wildman–Crippen LogP) is 2.55. The van der Waals surface area contributed by atoms with Crippen molar-refractivity contribution < 1.29 is 4.74 Å². The molecule has 0 fully saturated rings. The average molecular weight is 221 g/mol. The van der Waals surface area contributed by atoms with Gasteiger partial charge in [0.05, 0.1) is 6.10 Å². The molecule has 0 aliphatic heterocycles. The van der Waals surface area contributed by atoms with Crippen LogP contribution in [0, 0.1) is 6.92 Å². The molecule has 16 heavy (non-hydrogen) atoms. The first-order chi connectivity index (χ1) is 7.67. The van der Waals surface area contributed by atoms with Crippen molar-refractivity contribution in [1.82, 2.24) is 5.32 Å². The monoisotopic (exact) mass is 221 g/mol. The van der Waals surface area contributed by atoms with Crippen molar-refractivity contribution in [3.63, 3.8) is 0 Å². The largest absolute Gasteiger partial charge is 0.380 e. The maximum atomic E-state index is 5.40. The van der Waals surface area contributed by atoms with Crippen molar-refractivity contribution in [3.05, 3.63) is 35.4 Å². The van der Waals surface area contributed by atoms with Crippen molar-refractivity contribution in [3.8, 4) is 0 Å². The van der Waals surface area contributed by atoms with Gasteiger partial charge in [-0.1, -0.05) is 36.8 Å². The van der Waals surface area contributed by atoms with Gasteiger partial charge in [0.1, 0.15) is 0 Å². The molecule has 0 saturated heterocycles. The van der Waals surface area contributed by atoms with E-state index < -0.39 is 0 Å². The van der Waals surface area contributed by atoms with E-state index in [1.807, 2.05) is 0 Å². The minimum atomic E-state index is 0.237. The van der Waals surface area contributed by atoms with Crippen LogP contribution >= 0.6 is 0 Å². The molecule has 0 radical (unpaired) electrons. The SMILES string of the molecule is CCNC(Cc1cccc(C)c1)C(C)OC. The van der Waals surface area contributed by atoms with E-state index in [-0.39, 0.29) is 6.10 Å². The third-order valence-electron chi connectivity index (χ3n) is 2.94. The Morgan fingerprint density at radius 1 is 1.38 bits per heavy atom. The number of nitrogens with one attached hydrogen (secondary N) is 1. The van der Waals surface area contributed by atoms with Crippen molar-refractivity contribution in [2.75, 3.05) is 13.7 Å². The molecule has 0 amide bonds. The van der Waals surface area contributed by atoms with Crippen LogP contribution in [0.5, 0.6) is 0 Å². The fourth-order valence-corrected chi connectivity index (χ4v) is 1.92. The lowest BCUT2D eigenvalue weighted by molar-refractivity contribution is 0.0836. The second kappa shape index (κ2) is 6.66. The molecular formula is C14H23NO. The minimum Gasteiger partial charge on any atom is -0.380 e. The van der Waals surface area contributed by atoms with E-state index in [0.29, 0.717) is 6.04 Å². The molecule has 1 aromatic rings. The van der Waals surface area contributed by atoms with E-state index in [1.54, 1.807) is 7.11 Å². The van der Waals surface area contributed by atoms with Crippen LogP contribution in [0.15, 0.2) is 24.3 Å². The summed E-state index contributed by atoms with van der Waals surface area (Å²) in [6.07, 6.45) is 1.25. The van der Waals surface area contributed by atoms with Crippen LogP contribution in [0.25, 0.3) is 0 Å². The molecule has 2 nitrogen and oxygen atoms in total. The van der Waals surface area contributed by atoms with E-state index in [4.69, 9.17) is 4.74 Å². The first kappa shape index (κ1) is 13.2. The Morgan fingerprint density at radius 3 is 2.69 bits per heavy atom. The molecule has 0 saturated carbocycles. The second-order valence-corrected chi connectivity index (χ2v) is 4.30. The number of ether oxygens (including phenoxy) is 1. The van der Waals surface area contributed by atoms with Gasteiger partial charge in [-0.3, -0.25) is 0 Å². The Balaban J connectivity index is 2.67. The zero-order valence-electron chi connectivity index (χ0n) is 10.8. The number of rotatable bonds is 6. The van der Waals surface area contributed by atoms with E-state index in [1.165, 1.54) is 11.1 Å². The molecule has 90 valence electrons. The van der Waals surface area contributed by atoms with Gasteiger partial charge in [0, 0.05) is 13.2 Å². The molecule has 1 rings (SSSR count). The van der Waals surface area contributed by atoms with Gasteiger partial charge in [0.15, 0.2) is 0 Å². The highest BCUT2D eigenvalue weighted by Crippen LogP contribution is 2.10. The molecule has 0 spiro atoms. The van der Waals surface area contributed by atoms with E-state index in [2.05, 4.69) is 50.4 Å². The van der Waals surface area contributed by atoms with Crippen LogP contribution < -0.4 is 5.32 Å². The summed E-state index contributed by atoms with van der Waals surface area (Å²) in [5.74, 6) is 0. The lowest BCUT2D eigenvalue weighted by Crippen LogP contribution is -2.40. The van der Waals surface area contributed by atoms with Gasteiger partial charge in [-0.15, -0.1) is 0 Å². The summed E-state index contributed by atoms with van der Waals surface area (Å²) < 4.78 is 5.40. The molecular weight excluding hydrogens is 198 g/mol. The molecule has 0 aromatic heterocycles. The standard InChI is InChI=1S/C14H23NO/c1-5-15-14(12(3)16-4)10-13-8-6-7-11(2)9-13/h6-9,12,14-15H,5,10H2,1-4H3. The van der Waals surface area contributed by atoms with Gasteiger partial charge in [0.25, 0.3) is 0 Å². The van der Waals surface area contributed by atoms with Gasteiger partial charge in [-0.2, -0.15) is 0 Å². The number of hydrogen-bond donors (Lipinski definition) is 1. The van der Waals surface area contributed by atoms with Crippen LogP contribution in [0.1, 0.15) is 25.0 Å². The fourth-order valence-electron chi connectivity index (χ4n) is 1.92. The van der Waals surface area contributed by atoms with Crippen LogP contribution in [0.2, 0.25) is 0 Å². The van der Waals surface area contributed by atoms with Gasteiger partial charge in [-0.05, 0) is 32.4 Å². The fraction of sp³-hybridized carbons (Fsp3) is 0.571. The van der Waals surface area contributed by atoms with Crippen LogP contribution in [-0.2, 0) is 11.2 Å². The molecule has 0 aliphatic rings. The minimum absolute atomic E-state index is 0.237. The van der Waals surface area contributed by atoms with Crippen molar-refractivity contribution in [2.24, 2.45) is 0 Å². The number of methoxy groups -OCH3 is 1. The summed E-state index contributed by atoms with van der Waals surface area (Å²) in [6.45, 7) is 7.35. The summed E-state index contributed by atoms with van der Waals surface area (Å²) in [5.41, 5.74) is 2.69. The van der Waals surface area contributed by atoms with Gasteiger partial charge < -0.3 is 10.1 Å². The Hall–Kier alpha value is -0.860. The number of likely N-dealkylation sites (N-methyl/N-ethyl adjacent to an activating group) is 1. The molecule has 1 N–H and O–H groups in total. The zero-order chi connectivity index (χ0) is 12.0. The molecule has 2 unspecified atom stereocenters. The van der Waals surface area contributed by atoms with Crippen molar-refractivity contribution >= 4 is 0 Å². The van der Waals surface area contributed by atoms with Crippen LogP contribution in [-0.4, -0.2) is 25.8 Å². The molecule has 2 heteroatoms. The highest BCUT2D eigenvalue weighted by Gasteiger charge is 2.15. The first-order valence-corrected chi connectivity index (χ1v) is 5.99. The lowest BCUT2D eigenvalue weighted by Gasteiger charge is -2.23. The summed E-state index contributed by atoms with van der Waals surface area (Å²) in [4.78, 5) is 0. The Labute approximate surface area is 99.0 Å².